The van der Waals surface area contributed by atoms with E-state index in [1.54, 1.807) is 18.9 Å². The van der Waals surface area contributed by atoms with Gasteiger partial charge in [0.1, 0.15) is 5.56 Å². The average molecular weight is 222 g/mol. The van der Waals surface area contributed by atoms with Crippen molar-refractivity contribution in [3.05, 3.63) is 33.7 Å². The van der Waals surface area contributed by atoms with Crippen LogP contribution in [0.5, 0.6) is 0 Å². The van der Waals surface area contributed by atoms with E-state index in [0.717, 1.165) is 18.5 Å². The number of carbonyl (C=O) groups excluding carboxylic acids is 1. The first-order chi connectivity index (χ1) is 7.56. The number of nitrogens with one attached hydrogen (secondary N) is 1. The lowest BCUT2D eigenvalue weighted by Crippen LogP contribution is -2.31. The Kier molecular flexibility index (Phi) is 4.28. The standard InChI is InChI=1S/C12H18N2O2/c1-4-5-6-14(3)12(16)10-8-13-9(2)7-11(10)15/h7-8H,4-6H2,1-3H3,(H,13,15). The molecule has 0 fully saturated rings. The van der Waals surface area contributed by atoms with E-state index in [-0.39, 0.29) is 16.9 Å². The summed E-state index contributed by atoms with van der Waals surface area (Å²) in [5, 5.41) is 0. The van der Waals surface area contributed by atoms with Gasteiger partial charge in [-0.25, -0.2) is 0 Å². The first-order valence-electron chi connectivity index (χ1n) is 5.51. The molecule has 1 N–H and O–H groups in total. The van der Waals surface area contributed by atoms with Crippen molar-refractivity contribution in [1.29, 1.82) is 0 Å². The van der Waals surface area contributed by atoms with Gasteiger partial charge in [0.25, 0.3) is 5.91 Å². The third kappa shape index (κ3) is 2.95. The molecule has 0 saturated carbocycles. The number of aromatic nitrogens is 1. The molecule has 0 bridgehead atoms. The molecule has 1 rings (SSSR count). The van der Waals surface area contributed by atoms with Gasteiger partial charge in [0.05, 0.1) is 0 Å². The topological polar surface area (TPSA) is 53.2 Å². The van der Waals surface area contributed by atoms with E-state index in [1.165, 1.54) is 12.3 Å². The Bertz CT molecular complexity index is 423. The number of pyridine rings is 1. The van der Waals surface area contributed by atoms with Gasteiger partial charge in [-0.2, -0.15) is 0 Å². The van der Waals surface area contributed by atoms with E-state index in [1.807, 2.05) is 0 Å². The molecular formula is C12H18N2O2. The van der Waals surface area contributed by atoms with Crippen molar-refractivity contribution >= 4 is 5.91 Å². The van der Waals surface area contributed by atoms with Crippen molar-refractivity contribution in [3.8, 4) is 0 Å². The van der Waals surface area contributed by atoms with Crippen LogP contribution in [-0.2, 0) is 0 Å². The van der Waals surface area contributed by atoms with Crippen molar-refractivity contribution < 1.29 is 4.79 Å². The minimum Gasteiger partial charge on any atom is -0.364 e. The third-order valence-electron chi connectivity index (χ3n) is 2.48. The van der Waals surface area contributed by atoms with E-state index in [9.17, 15) is 9.59 Å². The molecule has 0 radical (unpaired) electrons. The summed E-state index contributed by atoms with van der Waals surface area (Å²) in [4.78, 5) is 28.0. The van der Waals surface area contributed by atoms with Crippen LogP contribution < -0.4 is 5.43 Å². The van der Waals surface area contributed by atoms with Crippen LogP contribution >= 0.6 is 0 Å². The zero-order valence-corrected chi connectivity index (χ0v) is 10.0. The first kappa shape index (κ1) is 12.5. The molecule has 88 valence electrons. The van der Waals surface area contributed by atoms with Crippen LogP contribution in [0.1, 0.15) is 35.8 Å². The van der Waals surface area contributed by atoms with E-state index in [2.05, 4.69) is 11.9 Å². The second-order valence-corrected chi connectivity index (χ2v) is 3.97. The van der Waals surface area contributed by atoms with E-state index >= 15 is 0 Å². The Balaban J connectivity index is 2.84. The van der Waals surface area contributed by atoms with E-state index in [4.69, 9.17) is 0 Å². The Labute approximate surface area is 95.3 Å². The van der Waals surface area contributed by atoms with Crippen molar-refractivity contribution in [2.24, 2.45) is 0 Å². The molecule has 4 nitrogen and oxygen atoms in total. The highest BCUT2D eigenvalue weighted by atomic mass is 16.2. The summed E-state index contributed by atoms with van der Waals surface area (Å²) >= 11 is 0. The Morgan fingerprint density at radius 1 is 1.50 bits per heavy atom. The van der Waals surface area contributed by atoms with Crippen LogP contribution in [0.4, 0.5) is 0 Å². The maximum atomic E-state index is 11.9. The number of aryl methyl sites for hydroxylation is 1. The number of rotatable bonds is 4. The number of hydrogen-bond donors (Lipinski definition) is 1. The second kappa shape index (κ2) is 5.49. The maximum Gasteiger partial charge on any atom is 0.259 e. The number of H-pyrrole nitrogens is 1. The molecule has 16 heavy (non-hydrogen) atoms. The van der Waals surface area contributed by atoms with Gasteiger partial charge in [-0.15, -0.1) is 0 Å². The highest BCUT2D eigenvalue weighted by Gasteiger charge is 2.14. The molecule has 1 aromatic rings. The molecule has 0 aliphatic rings. The molecule has 0 unspecified atom stereocenters. The van der Waals surface area contributed by atoms with E-state index in [0.29, 0.717) is 6.54 Å². The van der Waals surface area contributed by atoms with Crippen molar-refractivity contribution in [2.75, 3.05) is 13.6 Å². The molecule has 0 aliphatic heterocycles. The van der Waals surface area contributed by atoms with Crippen LogP contribution in [0.25, 0.3) is 0 Å². The molecule has 4 heteroatoms. The number of hydrogen-bond acceptors (Lipinski definition) is 2. The average Bonchev–Trinajstić information content (AvgIpc) is 2.25. The number of aromatic amines is 1. The number of carbonyl (C=O) groups is 1. The largest absolute Gasteiger partial charge is 0.364 e. The smallest absolute Gasteiger partial charge is 0.259 e. The van der Waals surface area contributed by atoms with Crippen LogP contribution in [0.3, 0.4) is 0 Å². The zero-order valence-electron chi connectivity index (χ0n) is 10.0. The normalized spacial score (nSPS) is 10.2. The lowest BCUT2D eigenvalue weighted by atomic mass is 10.2. The van der Waals surface area contributed by atoms with Gasteiger partial charge in [0, 0.05) is 31.5 Å². The molecule has 1 amide bonds. The van der Waals surface area contributed by atoms with Crippen molar-refractivity contribution in [3.63, 3.8) is 0 Å². The minimum absolute atomic E-state index is 0.212. The summed E-state index contributed by atoms with van der Waals surface area (Å²) in [5.74, 6) is -0.213. The van der Waals surface area contributed by atoms with Gasteiger partial charge in [0.15, 0.2) is 5.43 Å². The molecule has 0 spiro atoms. The monoisotopic (exact) mass is 222 g/mol. The van der Waals surface area contributed by atoms with Crippen molar-refractivity contribution in [1.82, 2.24) is 9.88 Å². The second-order valence-electron chi connectivity index (χ2n) is 3.97. The van der Waals surface area contributed by atoms with Crippen LogP contribution in [0.2, 0.25) is 0 Å². The Morgan fingerprint density at radius 2 is 2.19 bits per heavy atom. The van der Waals surface area contributed by atoms with Crippen LogP contribution in [0.15, 0.2) is 17.1 Å². The fourth-order valence-electron chi connectivity index (χ4n) is 1.44. The molecule has 0 aliphatic carbocycles. The van der Waals surface area contributed by atoms with Gasteiger partial charge in [-0.3, -0.25) is 9.59 Å². The highest BCUT2D eigenvalue weighted by Crippen LogP contribution is 2.00. The summed E-state index contributed by atoms with van der Waals surface area (Å²) in [6.45, 7) is 4.54. The summed E-state index contributed by atoms with van der Waals surface area (Å²) in [7, 11) is 1.72. The van der Waals surface area contributed by atoms with Gasteiger partial charge >= 0.3 is 0 Å². The van der Waals surface area contributed by atoms with Gasteiger partial charge in [-0.05, 0) is 13.3 Å². The van der Waals surface area contributed by atoms with Gasteiger partial charge < -0.3 is 9.88 Å². The number of unbranched alkanes of at least 4 members (excludes halogenated alkanes) is 1. The molecule has 1 aromatic heterocycles. The summed E-state index contributed by atoms with van der Waals surface area (Å²) in [6.07, 6.45) is 3.47. The predicted octanol–water partition coefficient (Wildman–Crippen LogP) is 1.56. The molecular weight excluding hydrogens is 204 g/mol. The van der Waals surface area contributed by atoms with Crippen molar-refractivity contribution in [2.45, 2.75) is 26.7 Å². The molecule has 0 aromatic carbocycles. The fourth-order valence-corrected chi connectivity index (χ4v) is 1.44. The minimum atomic E-state index is -0.218. The molecule has 0 atom stereocenters. The van der Waals surface area contributed by atoms with Gasteiger partial charge in [0.2, 0.25) is 0 Å². The zero-order chi connectivity index (χ0) is 12.1. The SMILES string of the molecule is CCCCN(C)C(=O)c1c[nH]c(C)cc1=O. The Morgan fingerprint density at radius 3 is 2.75 bits per heavy atom. The Hall–Kier alpha value is -1.58. The van der Waals surface area contributed by atoms with Gasteiger partial charge in [-0.1, -0.05) is 13.3 Å². The maximum absolute atomic E-state index is 11.9. The quantitative estimate of drug-likeness (QED) is 0.840. The first-order valence-corrected chi connectivity index (χ1v) is 5.51. The van der Waals surface area contributed by atoms with Crippen LogP contribution in [-0.4, -0.2) is 29.4 Å². The number of nitrogens with zero attached hydrogens (tertiary/aromatic N) is 1. The fraction of sp³-hybridized carbons (Fsp3) is 0.500. The summed E-state index contributed by atoms with van der Waals surface area (Å²) in [5.41, 5.74) is 0.756. The lowest BCUT2D eigenvalue weighted by molar-refractivity contribution is 0.0791. The third-order valence-corrected chi connectivity index (χ3v) is 2.48. The van der Waals surface area contributed by atoms with Crippen LogP contribution in [0, 0.1) is 6.92 Å². The molecule has 1 heterocycles. The predicted molar refractivity (Wildman–Crippen MR) is 63.7 cm³/mol. The summed E-state index contributed by atoms with van der Waals surface area (Å²) in [6, 6.07) is 1.45. The molecule has 0 saturated heterocycles. The lowest BCUT2D eigenvalue weighted by Gasteiger charge is -2.16. The number of amides is 1. The highest BCUT2D eigenvalue weighted by molar-refractivity contribution is 5.93. The summed E-state index contributed by atoms with van der Waals surface area (Å²) < 4.78 is 0. The van der Waals surface area contributed by atoms with E-state index < -0.39 is 0 Å².